The first-order valence-corrected chi connectivity index (χ1v) is 6.10. The van der Waals surface area contributed by atoms with Crippen molar-refractivity contribution in [2.24, 2.45) is 5.92 Å². The number of rotatable bonds is 2. The van der Waals surface area contributed by atoms with Gasteiger partial charge in [-0.25, -0.2) is 4.98 Å². The van der Waals surface area contributed by atoms with E-state index in [9.17, 15) is 4.79 Å². The van der Waals surface area contributed by atoms with Crippen molar-refractivity contribution in [1.82, 2.24) is 9.88 Å². The van der Waals surface area contributed by atoms with Crippen LogP contribution in [0, 0.1) is 5.92 Å². The largest absolute Gasteiger partial charge is 0.396 e. The summed E-state index contributed by atoms with van der Waals surface area (Å²) < 4.78 is 0. The standard InChI is InChI=1S/C12H15ClN2O2/c13-11-2-1-10(7-14-11)12(17)15-5-3-9(8-16)4-6-15/h1-2,7,9,16H,3-6,8H2. The highest BCUT2D eigenvalue weighted by Crippen LogP contribution is 2.18. The Balaban J connectivity index is 1.99. The van der Waals surface area contributed by atoms with Crippen molar-refractivity contribution in [1.29, 1.82) is 0 Å². The van der Waals surface area contributed by atoms with E-state index in [0.29, 0.717) is 29.7 Å². The Kier molecular flexibility index (Phi) is 3.97. The molecular weight excluding hydrogens is 240 g/mol. The molecule has 0 radical (unpaired) electrons. The predicted molar refractivity (Wildman–Crippen MR) is 65.0 cm³/mol. The third-order valence-corrected chi connectivity index (χ3v) is 3.36. The number of pyridine rings is 1. The molecule has 1 fully saturated rings. The SMILES string of the molecule is O=C(c1ccc(Cl)nc1)N1CCC(CO)CC1. The van der Waals surface area contributed by atoms with E-state index >= 15 is 0 Å². The zero-order valence-electron chi connectivity index (χ0n) is 9.47. The Labute approximate surface area is 105 Å². The number of piperidine rings is 1. The predicted octanol–water partition coefficient (Wildman–Crippen LogP) is 1.58. The van der Waals surface area contributed by atoms with Crippen molar-refractivity contribution in [3.05, 3.63) is 29.0 Å². The van der Waals surface area contributed by atoms with E-state index in [1.807, 2.05) is 0 Å². The summed E-state index contributed by atoms with van der Waals surface area (Å²) in [5.41, 5.74) is 0.567. The van der Waals surface area contributed by atoms with Crippen LogP contribution < -0.4 is 0 Å². The average Bonchev–Trinajstić information content (AvgIpc) is 2.39. The lowest BCUT2D eigenvalue weighted by atomic mass is 9.97. The number of hydrogen-bond acceptors (Lipinski definition) is 3. The molecule has 1 saturated heterocycles. The third kappa shape index (κ3) is 2.96. The van der Waals surface area contributed by atoms with Crippen molar-refractivity contribution in [3.8, 4) is 0 Å². The lowest BCUT2D eigenvalue weighted by Gasteiger charge is -2.31. The summed E-state index contributed by atoms with van der Waals surface area (Å²) in [5, 5.41) is 9.42. The maximum absolute atomic E-state index is 12.1. The summed E-state index contributed by atoms with van der Waals surface area (Å²) >= 11 is 5.68. The molecule has 4 nitrogen and oxygen atoms in total. The summed E-state index contributed by atoms with van der Waals surface area (Å²) in [6, 6.07) is 3.31. The Morgan fingerprint density at radius 3 is 2.71 bits per heavy atom. The minimum absolute atomic E-state index is 0.00874. The minimum atomic E-state index is -0.00874. The quantitative estimate of drug-likeness (QED) is 0.816. The molecule has 1 aliphatic rings. The average molecular weight is 255 g/mol. The van der Waals surface area contributed by atoms with Gasteiger partial charge in [0.25, 0.3) is 5.91 Å². The summed E-state index contributed by atoms with van der Waals surface area (Å²) in [4.78, 5) is 17.8. The highest BCUT2D eigenvalue weighted by molar-refractivity contribution is 6.29. The van der Waals surface area contributed by atoms with Gasteiger partial charge in [-0.05, 0) is 30.9 Å². The van der Waals surface area contributed by atoms with Gasteiger partial charge in [-0.2, -0.15) is 0 Å². The number of hydrogen-bond donors (Lipinski definition) is 1. The maximum atomic E-state index is 12.1. The van der Waals surface area contributed by atoms with Crippen LogP contribution in [-0.2, 0) is 0 Å². The van der Waals surface area contributed by atoms with E-state index in [0.717, 1.165) is 12.8 Å². The first-order valence-electron chi connectivity index (χ1n) is 5.72. The molecule has 0 saturated carbocycles. The molecule has 0 atom stereocenters. The van der Waals surface area contributed by atoms with Crippen molar-refractivity contribution in [2.75, 3.05) is 19.7 Å². The number of amides is 1. The molecule has 5 heteroatoms. The number of carbonyl (C=O) groups is 1. The number of aromatic nitrogens is 1. The van der Waals surface area contributed by atoms with Crippen LogP contribution >= 0.6 is 11.6 Å². The monoisotopic (exact) mass is 254 g/mol. The first-order chi connectivity index (χ1) is 8.20. The molecule has 1 aromatic heterocycles. The molecule has 1 aromatic rings. The van der Waals surface area contributed by atoms with Gasteiger partial charge in [-0.1, -0.05) is 11.6 Å². The molecule has 2 heterocycles. The molecule has 1 aliphatic heterocycles. The number of nitrogens with zero attached hydrogens (tertiary/aromatic N) is 2. The number of likely N-dealkylation sites (tertiary alicyclic amines) is 1. The summed E-state index contributed by atoms with van der Waals surface area (Å²) in [6.45, 7) is 1.61. The van der Waals surface area contributed by atoms with E-state index in [1.165, 1.54) is 6.20 Å². The number of halogens is 1. The molecule has 0 aliphatic carbocycles. The Hall–Kier alpha value is -1.13. The number of carbonyl (C=O) groups excluding carboxylic acids is 1. The number of aliphatic hydroxyl groups is 1. The van der Waals surface area contributed by atoms with Gasteiger partial charge in [0.1, 0.15) is 5.15 Å². The van der Waals surface area contributed by atoms with Gasteiger partial charge in [-0.3, -0.25) is 4.79 Å². The Morgan fingerprint density at radius 2 is 2.18 bits per heavy atom. The van der Waals surface area contributed by atoms with E-state index in [-0.39, 0.29) is 12.5 Å². The second-order valence-corrected chi connectivity index (χ2v) is 4.67. The van der Waals surface area contributed by atoms with Crippen LogP contribution in [0.5, 0.6) is 0 Å². The highest BCUT2D eigenvalue weighted by atomic mass is 35.5. The second kappa shape index (κ2) is 5.47. The molecule has 1 amide bonds. The van der Waals surface area contributed by atoms with Gasteiger partial charge in [-0.15, -0.1) is 0 Å². The minimum Gasteiger partial charge on any atom is -0.396 e. The highest BCUT2D eigenvalue weighted by Gasteiger charge is 2.23. The zero-order valence-corrected chi connectivity index (χ0v) is 10.2. The van der Waals surface area contributed by atoms with Gasteiger partial charge in [0.2, 0.25) is 0 Å². The third-order valence-electron chi connectivity index (χ3n) is 3.13. The molecule has 0 unspecified atom stereocenters. The molecule has 17 heavy (non-hydrogen) atoms. The fraction of sp³-hybridized carbons (Fsp3) is 0.500. The van der Waals surface area contributed by atoms with Crippen molar-refractivity contribution < 1.29 is 9.90 Å². The van der Waals surface area contributed by atoms with Crippen molar-refractivity contribution >= 4 is 17.5 Å². The van der Waals surface area contributed by atoms with Crippen LogP contribution in [0.4, 0.5) is 0 Å². The van der Waals surface area contributed by atoms with Gasteiger partial charge >= 0.3 is 0 Å². The van der Waals surface area contributed by atoms with E-state index in [4.69, 9.17) is 16.7 Å². The summed E-state index contributed by atoms with van der Waals surface area (Å²) in [7, 11) is 0. The molecule has 92 valence electrons. The fourth-order valence-corrected chi connectivity index (χ4v) is 2.12. The lowest BCUT2D eigenvalue weighted by Crippen LogP contribution is -2.39. The fourth-order valence-electron chi connectivity index (χ4n) is 2.00. The summed E-state index contributed by atoms with van der Waals surface area (Å²) in [5.74, 6) is 0.327. The summed E-state index contributed by atoms with van der Waals surface area (Å²) in [6.07, 6.45) is 3.23. The Bertz CT molecular complexity index is 386. The van der Waals surface area contributed by atoms with Gasteiger partial charge in [0.15, 0.2) is 0 Å². The van der Waals surface area contributed by atoms with Gasteiger partial charge < -0.3 is 10.0 Å². The smallest absolute Gasteiger partial charge is 0.255 e. The molecule has 0 spiro atoms. The second-order valence-electron chi connectivity index (χ2n) is 4.29. The molecule has 0 bridgehead atoms. The maximum Gasteiger partial charge on any atom is 0.255 e. The van der Waals surface area contributed by atoms with Crippen LogP contribution in [0.1, 0.15) is 23.2 Å². The topological polar surface area (TPSA) is 53.4 Å². The lowest BCUT2D eigenvalue weighted by molar-refractivity contribution is 0.0650. The van der Waals surface area contributed by atoms with Crippen LogP contribution in [0.15, 0.2) is 18.3 Å². The van der Waals surface area contributed by atoms with E-state index in [1.54, 1.807) is 17.0 Å². The van der Waals surface area contributed by atoms with Gasteiger partial charge in [0, 0.05) is 25.9 Å². The first kappa shape index (κ1) is 12.3. The Morgan fingerprint density at radius 1 is 1.47 bits per heavy atom. The molecule has 2 rings (SSSR count). The van der Waals surface area contributed by atoms with Crippen molar-refractivity contribution in [3.63, 3.8) is 0 Å². The van der Waals surface area contributed by atoms with E-state index < -0.39 is 0 Å². The van der Waals surface area contributed by atoms with Crippen molar-refractivity contribution in [2.45, 2.75) is 12.8 Å². The molecule has 1 N–H and O–H groups in total. The van der Waals surface area contributed by atoms with Crippen LogP contribution in [0.25, 0.3) is 0 Å². The molecular formula is C12H15ClN2O2. The van der Waals surface area contributed by atoms with Crippen LogP contribution in [0.2, 0.25) is 5.15 Å². The normalized spacial score (nSPS) is 17.2. The zero-order chi connectivity index (χ0) is 12.3. The van der Waals surface area contributed by atoms with Gasteiger partial charge in [0.05, 0.1) is 5.56 Å². The van der Waals surface area contributed by atoms with Crippen LogP contribution in [-0.4, -0.2) is 40.6 Å². The van der Waals surface area contributed by atoms with Crippen LogP contribution in [0.3, 0.4) is 0 Å². The van der Waals surface area contributed by atoms with E-state index in [2.05, 4.69) is 4.98 Å². The molecule has 0 aromatic carbocycles. The number of aliphatic hydroxyl groups excluding tert-OH is 1.